The van der Waals surface area contributed by atoms with Crippen molar-refractivity contribution in [2.75, 3.05) is 5.32 Å². The molecule has 2 aromatic heterocycles. The zero-order chi connectivity index (χ0) is 19.7. The first-order chi connectivity index (χ1) is 12.8. The van der Waals surface area contributed by atoms with Crippen molar-refractivity contribution in [3.8, 4) is 0 Å². The summed E-state index contributed by atoms with van der Waals surface area (Å²) in [7, 11) is 0. The van der Waals surface area contributed by atoms with Gasteiger partial charge in [-0.25, -0.2) is 4.98 Å². The highest BCUT2D eigenvalue weighted by Gasteiger charge is 2.16. The average molecular weight is 366 g/mol. The quantitative estimate of drug-likeness (QED) is 0.606. The first-order valence-corrected chi connectivity index (χ1v) is 9.05. The number of pyridine rings is 1. The topological polar surface area (TPSA) is 78.7 Å². The molecule has 0 aliphatic heterocycles. The highest BCUT2D eigenvalue weighted by atomic mass is 16.3. The summed E-state index contributed by atoms with van der Waals surface area (Å²) in [6.07, 6.45) is 0.844. The Hall–Kier alpha value is -2.86. The van der Waals surface area contributed by atoms with Crippen molar-refractivity contribution < 1.29 is 9.90 Å². The summed E-state index contributed by atoms with van der Waals surface area (Å²) < 4.78 is 1.92. The number of aryl methyl sites for hydroxylation is 4. The lowest BCUT2D eigenvalue weighted by atomic mass is 10.0. The number of imidazole rings is 1. The number of hydrogen-bond donors (Lipinski definition) is 3. The fourth-order valence-electron chi connectivity index (χ4n) is 3.21. The van der Waals surface area contributed by atoms with E-state index in [4.69, 9.17) is 0 Å². The van der Waals surface area contributed by atoms with Gasteiger partial charge in [0.2, 0.25) is 0 Å². The lowest BCUT2D eigenvalue weighted by Gasteiger charge is -2.15. The van der Waals surface area contributed by atoms with Crippen molar-refractivity contribution in [1.82, 2.24) is 14.7 Å². The summed E-state index contributed by atoms with van der Waals surface area (Å²) in [5.74, 6) is -0.326. The second-order valence-corrected chi connectivity index (χ2v) is 6.99. The van der Waals surface area contributed by atoms with Crippen molar-refractivity contribution in [2.45, 2.75) is 47.4 Å². The number of nitrogens with zero attached hydrogens (tertiary/aromatic N) is 2. The summed E-state index contributed by atoms with van der Waals surface area (Å²) in [6.45, 7) is 10.3. The normalized spacial score (nSPS) is 12.2. The van der Waals surface area contributed by atoms with E-state index in [1.807, 2.05) is 18.2 Å². The molecular formula is C21H26N4O2. The molecule has 0 aliphatic carbocycles. The molecule has 3 rings (SSSR count). The summed E-state index contributed by atoms with van der Waals surface area (Å²) >= 11 is 0. The van der Waals surface area contributed by atoms with Crippen molar-refractivity contribution in [2.24, 2.45) is 0 Å². The molecule has 6 heteroatoms. The third-order valence-electron chi connectivity index (χ3n) is 4.90. The number of carbonyl (C=O) groups is 1. The molecule has 0 bridgehead atoms. The monoisotopic (exact) mass is 366 g/mol. The van der Waals surface area contributed by atoms with Gasteiger partial charge in [-0.15, -0.1) is 0 Å². The van der Waals surface area contributed by atoms with E-state index in [0.29, 0.717) is 12.1 Å². The van der Waals surface area contributed by atoms with Gasteiger partial charge in [0.25, 0.3) is 5.91 Å². The number of hydrogen-bond acceptors (Lipinski definition) is 4. The molecule has 0 spiro atoms. The molecule has 1 unspecified atom stereocenters. The Kier molecular flexibility index (Phi) is 5.19. The molecule has 1 atom stereocenters. The molecule has 1 amide bonds. The third kappa shape index (κ3) is 3.80. The summed E-state index contributed by atoms with van der Waals surface area (Å²) in [4.78, 5) is 17.1. The molecule has 6 nitrogen and oxygen atoms in total. The Labute approximate surface area is 159 Å². The number of anilines is 1. The predicted octanol–water partition coefficient (Wildman–Crippen LogP) is 3.25. The minimum Gasteiger partial charge on any atom is -0.378 e. The summed E-state index contributed by atoms with van der Waals surface area (Å²) in [6, 6.07) is 8.02. The van der Waals surface area contributed by atoms with Gasteiger partial charge >= 0.3 is 0 Å². The van der Waals surface area contributed by atoms with Crippen LogP contribution in [0.3, 0.4) is 0 Å². The van der Waals surface area contributed by atoms with Crippen molar-refractivity contribution >= 4 is 17.2 Å². The molecule has 3 aromatic rings. The van der Waals surface area contributed by atoms with Gasteiger partial charge in [0.05, 0.1) is 16.9 Å². The average Bonchev–Trinajstić information content (AvgIpc) is 2.88. The van der Waals surface area contributed by atoms with Gasteiger partial charge in [0.1, 0.15) is 6.23 Å². The van der Waals surface area contributed by atoms with Crippen LogP contribution in [0.25, 0.3) is 5.65 Å². The van der Waals surface area contributed by atoms with E-state index in [-0.39, 0.29) is 5.91 Å². The maximum absolute atomic E-state index is 12.4. The molecule has 27 heavy (non-hydrogen) atoms. The fraction of sp³-hybridized carbons (Fsp3) is 0.333. The van der Waals surface area contributed by atoms with Crippen molar-refractivity contribution in [3.63, 3.8) is 0 Å². The summed E-state index contributed by atoms with van der Waals surface area (Å²) in [5, 5.41) is 15.4. The maximum Gasteiger partial charge on any atom is 0.254 e. The number of rotatable bonds is 5. The number of aromatic nitrogens is 2. The minimum absolute atomic E-state index is 0.326. The van der Waals surface area contributed by atoms with E-state index in [1.165, 1.54) is 23.6 Å². The van der Waals surface area contributed by atoms with Crippen LogP contribution in [-0.4, -0.2) is 26.6 Å². The number of amides is 1. The van der Waals surface area contributed by atoms with E-state index in [0.717, 1.165) is 22.7 Å². The largest absolute Gasteiger partial charge is 0.378 e. The minimum atomic E-state index is -0.912. The molecule has 1 aromatic carbocycles. The second-order valence-electron chi connectivity index (χ2n) is 6.99. The number of aliphatic hydroxyl groups excluding tert-OH is 1. The number of aliphatic hydroxyl groups is 1. The first kappa shape index (κ1) is 18.9. The van der Waals surface area contributed by atoms with Gasteiger partial charge in [-0.1, -0.05) is 18.2 Å². The van der Waals surface area contributed by atoms with Gasteiger partial charge in [-0.2, -0.15) is 0 Å². The Balaban J connectivity index is 2.02. The highest BCUT2D eigenvalue weighted by Crippen LogP contribution is 2.24. The van der Waals surface area contributed by atoms with Crippen LogP contribution >= 0.6 is 0 Å². The van der Waals surface area contributed by atoms with Crippen LogP contribution in [0.4, 0.5) is 5.69 Å². The highest BCUT2D eigenvalue weighted by molar-refractivity contribution is 5.96. The molecule has 0 radical (unpaired) electrons. The molecule has 142 valence electrons. The molecule has 0 saturated carbocycles. The number of carbonyl (C=O) groups excluding carboxylic acids is 1. The summed E-state index contributed by atoms with van der Waals surface area (Å²) in [5.41, 5.74) is 7.60. The van der Waals surface area contributed by atoms with Crippen molar-refractivity contribution in [3.05, 3.63) is 64.1 Å². The second kappa shape index (κ2) is 7.40. The van der Waals surface area contributed by atoms with Gasteiger partial charge in [-0.05, 0) is 57.4 Å². The Bertz CT molecular complexity index is 985. The molecule has 2 heterocycles. The van der Waals surface area contributed by atoms with Gasteiger partial charge in [0.15, 0.2) is 5.65 Å². The first-order valence-electron chi connectivity index (χ1n) is 9.05. The van der Waals surface area contributed by atoms with E-state index in [1.54, 1.807) is 12.3 Å². The van der Waals surface area contributed by atoms with Crippen LogP contribution in [0.5, 0.6) is 0 Å². The molecule has 0 aliphatic rings. The molecule has 0 saturated heterocycles. The van der Waals surface area contributed by atoms with Crippen molar-refractivity contribution in [1.29, 1.82) is 0 Å². The Morgan fingerprint density at radius 2 is 1.89 bits per heavy atom. The molecule has 0 fully saturated rings. The van der Waals surface area contributed by atoms with Crippen LogP contribution in [0.1, 0.15) is 45.4 Å². The fourth-order valence-corrected chi connectivity index (χ4v) is 3.21. The number of fused-ring (bicyclic) bond motifs is 1. The van der Waals surface area contributed by atoms with E-state index in [9.17, 15) is 9.90 Å². The number of benzene rings is 1. The zero-order valence-electron chi connectivity index (χ0n) is 16.4. The maximum atomic E-state index is 12.4. The predicted molar refractivity (Wildman–Crippen MR) is 107 cm³/mol. The Morgan fingerprint density at radius 1 is 1.22 bits per heavy atom. The van der Waals surface area contributed by atoms with E-state index >= 15 is 0 Å². The van der Waals surface area contributed by atoms with Gasteiger partial charge in [-0.3, -0.25) is 4.79 Å². The van der Waals surface area contributed by atoms with Gasteiger partial charge < -0.3 is 20.1 Å². The van der Waals surface area contributed by atoms with Gasteiger partial charge in [0, 0.05) is 18.4 Å². The standard InChI is InChI=1S/C21H26N4O2/c1-12-7-6-8-13(2)18(12)10-22-19-9-17(21(27)24-16(5)26)11-25-15(4)14(3)23-20(19)25/h6-9,11,16,22,26H,10H2,1-5H3,(H,24,27). The van der Waals surface area contributed by atoms with Crippen LogP contribution in [0.15, 0.2) is 30.5 Å². The van der Waals surface area contributed by atoms with E-state index in [2.05, 4.69) is 47.7 Å². The lowest BCUT2D eigenvalue weighted by Crippen LogP contribution is -2.32. The zero-order valence-corrected chi connectivity index (χ0v) is 16.4. The molecule has 3 N–H and O–H groups in total. The SMILES string of the molecule is Cc1cccc(C)c1CNc1cc(C(=O)NC(C)O)cn2c(C)c(C)nc12. The third-order valence-corrected chi connectivity index (χ3v) is 4.90. The Morgan fingerprint density at radius 3 is 2.52 bits per heavy atom. The van der Waals surface area contributed by atoms with E-state index < -0.39 is 6.23 Å². The van der Waals surface area contributed by atoms with Crippen LogP contribution in [0.2, 0.25) is 0 Å². The number of nitrogens with one attached hydrogen (secondary N) is 2. The molecular weight excluding hydrogens is 340 g/mol. The lowest BCUT2D eigenvalue weighted by molar-refractivity contribution is 0.0818. The van der Waals surface area contributed by atoms with Crippen LogP contribution in [0, 0.1) is 27.7 Å². The van der Waals surface area contributed by atoms with Crippen LogP contribution < -0.4 is 10.6 Å². The van der Waals surface area contributed by atoms with Crippen LogP contribution in [-0.2, 0) is 6.54 Å². The smallest absolute Gasteiger partial charge is 0.254 e.